The van der Waals surface area contributed by atoms with Crippen molar-refractivity contribution in [1.29, 1.82) is 0 Å². The van der Waals surface area contributed by atoms with E-state index in [4.69, 9.17) is 4.74 Å². The fourth-order valence-corrected chi connectivity index (χ4v) is 3.45. The molecule has 1 aromatic carbocycles. The van der Waals surface area contributed by atoms with E-state index >= 15 is 0 Å². The number of hydrogen-bond donors (Lipinski definition) is 0. The van der Waals surface area contributed by atoms with Crippen LogP contribution in [0.2, 0.25) is 0 Å². The fourth-order valence-electron chi connectivity index (χ4n) is 3.45. The van der Waals surface area contributed by atoms with Crippen molar-refractivity contribution in [3.8, 4) is 5.75 Å². The second-order valence-corrected chi connectivity index (χ2v) is 6.61. The Morgan fingerprint density at radius 1 is 1.14 bits per heavy atom. The SMILES string of the molecule is CCN1CCC(COc2ccc3c(c2)CN(C)CC3)CC1. The average molecular weight is 288 g/mol. The third kappa shape index (κ3) is 3.78. The fraction of sp³-hybridized carbons (Fsp3) is 0.667. The van der Waals surface area contributed by atoms with Crippen molar-refractivity contribution in [2.24, 2.45) is 5.92 Å². The number of rotatable bonds is 4. The summed E-state index contributed by atoms with van der Waals surface area (Å²) in [5.74, 6) is 1.79. The molecule has 1 saturated heterocycles. The van der Waals surface area contributed by atoms with Crippen molar-refractivity contribution in [3.63, 3.8) is 0 Å². The molecule has 3 heteroatoms. The molecule has 0 aromatic heterocycles. The number of likely N-dealkylation sites (N-methyl/N-ethyl adjacent to an activating group) is 1. The summed E-state index contributed by atoms with van der Waals surface area (Å²) in [7, 11) is 2.19. The van der Waals surface area contributed by atoms with Crippen LogP contribution in [0.25, 0.3) is 0 Å². The van der Waals surface area contributed by atoms with Crippen molar-refractivity contribution in [1.82, 2.24) is 9.80 Å². The number of likely N-dealkylation sites (tertiary alicyclic amines) is 1. The lowest BCUT2D eigenvalue weighted by molar-refractivity contribution is 0.145. The maximum absolute atomic E-state index is 6.08. The summed E-state index contributed by atoms with van der Waals surface area (Å²) in [4.78, 5) is 4.91. The summed E-state index contributed by atoms with van der Waals surface area (Å²) in [5, 5.41) is 0. The quantitative estimate of drug-likeness (QED) is 0.847. The number of nitrogens with zero attached hydrogens (tertiary/aromatic N) is 2. The van der Waals surface area contributed by atoms with Crippen LogP contribution in [0.5, 0.6) is 5.75 Å². The number of fused-ring (bicyclic) bond motifs is 1. The molecule has 21 heavy (non-hydrogen) atoms. The van der Waals surface area contributed by atoms with Gasteiger partial charge in [-0.15, -0.1) is 0 Å². The monoisotopic (exact) mass is 288 g/mol. The first kappa shape index (κ1) is 14.9. The smallest absolute Gasteiger partial charge is 0.119 e. The van der Waals surface area contributed by atoms with E-state index in [0.717, 1.165) is 24.8 Å². The lowest BCUT2D eigenvalue weighted by Gasteiger charge is -2.31. The van der Waals surface area contributed by atoms with Crippen LogP contribution in [0.15, 0.2) is 18.2 Å². The lowest BCUT2D eigenvalue weighted by Crippen LogP contribution is -2.35. The molecule has 1 aromatic rings. The van der Waals surface area contributed by atoms with E-state index < -0.39 is 0 Å². The Morgan fingerprint density at radius 2 is 1.95 bits per heavy atom. The molecule has 0 N–H and O–H groups in total. The van der Waals surface area contributed by atoms with Gasteiger partial charge >= 0.3 is 0 Å². The summed E-state index contributed by atoms with van der Waals surface area (Å²) >= 11 is 0. The van der Waals surface area contributed by atoms with Gasteiger partial charge in [0.05, 0.1) is 6.61 Å². The van der Waals surface area contributed by atoms with E-state index in [2.05, 4.69) is 42.0 Å². The number of ether oxygens (including phenoxy) is 1. The van der Waals surface area contributed by atoms with Gasteiger partial charge in [-0.3, -0.25) is 0 Å². The highest BCUT2D eigenvalue weighted by Crippen LogP contribution is 2.24. The standard InChI is InChI=1S/C18H28N2O/c1-3-20-10-6-15(7-11-20)14-21-18-5-4-16-8-9-19(2)13-17(16)12-18/h4-5,12,15H,3,6-11,13-14H2,1-2H3. The van der Waals surface area contributed by atoms with E-state index in [1.54, 1.807) is 0 Å². The normalized spacial score (nSPS) is 21.2. The van der Waals surface area contributed by atoms with Gasteiger partial charge in [-0.2, -0.15) is 0 Å². The van der Waals surface area contributed by atoms with Crippen LogP contribution in [-0.4, -0.2) is 49.6 Å². The second-order valence-electron chi connectivity index (χ2n) is 6.61. The molecule has 0 saturated carbocycles. The van der Waals surface area contributed by atoms with Gasteiger partial charge in [0, 0.05) is 13.1 Å². The molecule has 3 rings (SSSR count). The summed E-state index contributed by atoms with van der Waals surface area (Å²) in [6.45, 7) is 9.02. The minimum atomic E-state index is 0.728. The van der Waals surface area contributed by atoms with Crippen molar-refractivity contribution in [2.45, 2.75) is 32.7 Å². The third-order valence-electron chi connectivity index (χ3n) is 5.02. The van der Waals surface area contributed by atoms with Gasteiger partial charge in [-0.1, -0.05) is 13.0 Å². The molecule has 2 aliphatic rings. The van der Waals surface area contributed by atoms with Gasteiger partial charge in [0.15, 0.2) is 0 Å². The number of hydrogen-bond acceptors (Lipinski definition) is 3. The van der Waals surface area contributed by atoms with Crippen LogP contribution in [0.1, 0.15) is 30.9 Å². The van der Waals surface area contributed by atoms with E-state index in [9.17, 15) is 0 Å². The van der Waals surface area contributed by atoms with Crippen LogP contribution >= 0.6 is 0 Å². The van der Waals surface area contributed by atoms with E-state index in [0.29, 0.717) is 0 Å². The molecular weight excluding hydrogens is 260 g/mol. The second kappa shape index (κ2) is 6.80. The minimum Gasteiger partial charge on any atom is -0.493 e. The van der Waals surface area contributed by atoms with Crippen LogP contribution in [-0.2, 0) is 13.0 Å². The molecule has 2 aliphatic heterocycles. The summed E-state index contributed by atoms with van der Waals surface area (Å²) in [5.41, 5.74) is 2.94. The molecule has 0 bridgehead atoms. The molecule has 2 heterocycles. The van der Waals surface area contributed by atoms with Crippen LogP contribution in [0.4, 0.5) is 0 Å². The first-order valence-electron chi connectivity index (χ1n) is 8.40. The number of piperidine rings is 1. The van der Waals surface area contributed by atoms with Crippen LogP contribution in [0, 0.1) is 5.92 Å². The Labute approximate surface area is 128 Å². The molecule has 1 fully saturated rings. The molecule has 3 nitrogen and oxygen atoms in total. The van der Waals surface area contributed by atoms with E-state index in [1.807, 2.05) is 0 Å². The zero-order valence-corrected chi connectivity index (χ0v) is 13.5. The highest BCUT2D eigenvalue weighted by Gasteiger charge is 2.19. The highest BCUT2D eigenvalue weighted by atomic mass is 16.5. The van der Waals surface area contributed by atoms with Crippen molar-refractivity contribution in [2.75, 3.05) is 39.8 Å². The van der Waals surface area contributed by atoms with Gasteiger partial charge in [0.25, 0.3) is 0 Å². The maximum Gasteiger partial charge on any atom is 0.119 e. The third-order valence-corrected chi connectivity index (χ3v) is 5.02. The predicted octanol–water partition coefficient (Wildman–Crippen LogP) is 2.79. The van der Waals surface area contributed by atoms with Gasteiger partial charge < -0.3 is 14.5 Å². The van der Waals surface area contributed by atoms with Crippen molar-refractivity contribution in [3.05, 3.63) is 29.3 Å². The van der Waals surface area contributed by atoms with Gasteiger partial charge in [-0.25, -0.2) is 0 Å². The molecule has 0 radical (unpaired) electrons. The average Bonchev–Trinajstić information content (AvgIpc) is 2.53. The Morgan fingerprint density at radius 3 is 2.71 bits per heavy atom. The molecule has 0 amide bonds. The topological polar surface area (TPSA) is 15.7 Å². The van der Waals surface area contributed by atoms with Crippen LogP contribution < -0.4 is 4.74 Å². The molecule has 0 unspecified atom stereocenters. The summed E-state index contributed by atoms with van der Waals surface area (Å²) < 4.78 is 6.08. The van der Waals surface area contributed by atoms with Crippen molar-refractivity contribution >= 4 is 0 Å². The molecule has 0 atom stereocenters. The Kier molecular flexibility index (Phi) is 4.81. The van der Waals surface area contributed by atoms with E-state index in [-0.39, 0.29) is 0 Å². The largest absolute Gasteiger partial charge is 0.493 e. The van der Waals surface area contributed by atoms with Gasteiger partial charge in [0.1, 0.15) is 5.75 Å². The van der Waals surface area contributed by atoms with Crippen molar-refractivity contribution < 1.29 is 4.74 Å². The molecular formula is C18H28N2O. The first-order valence-corrected chi connectivity index (χ1v) is 8.40. The van der Waals surface area contributed by atoms with Gasteiger partial charge in [0.2, 0.25) is 0 Å². The Hall–Kier alpha value is -1.06. The van der Waals surface area contributed by atoms with Crippen LogP contribution in [0.3, 0.4) is 0 Å². The Bertz CT molecular complexity index is 466. The molecule has 0 aliphatic carbocycles. The lowest BCUT2D eigenvalue weighted by atomic mass is 9.97. The predicted molar refractivity (Wildman–Crippen MR) is 86.8 cm³/mol. The zero-order valence-electron chi connectivity index (χ0n) is 13.5. The first-order chi connectivity index (χ1) is 10.2. The Balaban J connectivity index is 1.53. The van der Waals surface area contributed by atoms with Gasteiger partial charge in [-0.05, 0) is 75.1 Å². The zero-order chi connectivity index (χ0) is 14.7. The number of benzene rings is 1. The summed E-state index contributed by atoms with van der Waals surface area (Å²) in [6.07, 6.45) is 3.73. The maximum atomic E-state index is 6.08. The summed E-state index contributed by atoms with van der Waals surface area (Å²) in [6, 6.07) is 6.68. The molecule has 0 spiro atoms. The highest BCUT2D eigenvalue weighted by molar-refractivity contribution is 5.37. The van der Waals surface area contributed by atoms with E-state index in [1.165, 1.54) is 56.6 Å². The molecule has 116 valence electrons. The minimum absolute atomic E-state index is 0.728.